The van der Waals surface area contributed by atoms with E-state index in [4.69, 9.17) is 5.11 Å². The number of rotatable bonds is 3. The van der Waals surface area contributed by atoms with Crippen LogP contribution in [0.15, 0.2) is 40.7 Å². The zero-order valence-electron chi connectivity index (χ0n) is 10.6. The molecule has 6 heteroatoms. The van der Waals surface area contributed by atoms with Gasteiger partial charge >= 0.3 is 11.9 Å². The summed E-state index contributed by atoms with van der Waals surface area (Å²) in [5.41, 5.74) is 0.0603. The Morgan fingerprint density at radius 2 is 2.05 bits per heavy atom. The molecular weight excluding hydrogens is 326 g/mol. The van der Waals surface area contributed by atoms with Gasteiger partial charge < -0.3 is 10.2 Å². The van der Waals surface area contributed by atoms with Crippen LogP contribution in [0.3, 0.4) is 0 Å². The second-order valence-corrected chi connectivity index (χ2v) is 5.78. The fraction of sp³-hybridized carbons (Fsp3) is 0.214. The molecule has 1 aromatic rings. The minimum Gasteiger partial charge on any atom is -0.481 e. The number of pyridine rings is 1. The van der Waals surface area contributed by atoms with Crippen LogP contribution in [-0.2, 0) is 9.59 Å². The molecule has 0 amide bonds. The molecule has 5 nitrogen and oxygen atoms in total. The number of carboxylic acid groups (broad SMARTS) is 2. The van der Waals surface area contributed by atoms with Crippen LogP contribution in [-0.4, -0.2) is 27.1 Å². The highest BCUT2D eigenvalue weighted by Crippen LogP contribution is 2.37. The molecule has 2 rings (SSSR count). The average molecular weight is 338 g/mol. The standard InChI is InChI=1S/C14H12BrNO4/c1-14(13(19)20)4-8(2-9(5-14)12(17)18)10-3-11(15)7-16-6-10/h2-4,6-7H,5H2,1H3,(H,17,18)(H,19,20). The summed E-state index contributed by atoms with van der Waals surface area (Å²) in [6.45, 7) is 1.51. The Bertz CT molecular complexity index is 650. The summed E-state index contributed by atoms with van der Waals surface area (Å²) in [7, 11) is 0. The third-order valence-electron chi connectivity index (χ3n) is 3.16. The highest BCUT2D eigenvalue weighted by Gasteiger charge is 2.36. The Morgan fingerprint density at radius 3 is 2.60 bits per heavy atom. The summed E-state index contributed by atoms with van der Waals surface area (Å²) >= 11 is 3.29. The molecule has 0 saturated carbocycles. The van der Waals surface area contributed by atoms with E-state index in [9.17, 15) is 14.7 Å². The van der Waals surface area contributed by atoms with E-state index in [2.05, 4.69) is 20.9 Å². The fourth-order valence-electron chi connectivity index (χ4n) is 2.08. The molecule has 20 heavy (non-hydrogen) atoms. The number of aromatic nitrogens is 1. The summed E-state index contributed by atoms with van der Waals surface area (Å²) in [5, 5.41) is 18.5. The minimum absolute atomic E-state index is 0.0391. The van der Waals surface area contributed by atoms with Crippen molar-refractivity contribution in [3.8, 4) is 0 Å². The maximum absolute atomic E-state index is 11.4. The average Bonchev–Trinajstić information content (AvgIpc) is 2.38. The summed E-state index contributed by atoms with van der Waals surface area (Å²) in [4.78, 5) is 26.6. The lowest BCUT2D eigenvalue weighted by atomic mass is 9.76. The molecule has 0 radical (unpaired) electrons. The Kier molecular flexibility index (Phi) is 3.76. The first kappa shape index (κ1) is 14.5. The Labute approximate surface area is 123 Å². The monoisotopic (exact) mass is 337 g/mol. The van der Waals surface area contributed by atoms with Crippen LogP contribution in [0.2, 0.25) is 0 Å². The number of carboxylic acids is 2. The van der Waals surface area contributed by atoms with Crippen LogP contribution in [0, 0.1) is 5.41 Å². The quantitative estimate of drug-likeness (QED) is 0.885. The molecule has 1 atom stereocenters. The van der Waals surface area contributed by atoms with Crippen molar-refractivity contribution in [3.05, 3.63) is 46.2 Å². The van der Waals surface area contributed by atoms with E-state index < -0.39 is 17.4 Å². The summed E-state index contributed by atoms with van der Waals surface area (Å²) in [6.07, 6.45) is 6.20. The lowest BCUT2D eigenvalue weighted by molar-refractivity contribution is -0.145. The van der Waals surface area contributed by atoms with Gasteiger partial charge in [0.2, 0.25) is 0 Å². The summed E-state index contributed by atoms with van der Waals surface area (Å²) in [5.74, 6) is -2.16. The van der Waals surface area contributed by atoms with Gasteiger partial charge in [-0.05, 0) is 47.0 Å². The molecule has 1 aliphatic rings. The van der Waals surface area contributed by atoms with Gasteiger partial charge in [-0.1, -0.05) is 6.08 Å². The fourth-order valence-corrected chi connectivity index (χ4v) is 2.45. The van der Waals surface area contributed by atoms with Crippen molar-refractivity contribution in [1.82, 2.24) is 4.98 Å². The van der Waals surface area contributed by atoms with Crippen molar-refractivity contribution < 1.29 is 19.8 Å². The predicted octanol–water partition coefficient (Wildman–Crippen LogP) is 2.73. The van der Waals surface area contributed by atoms with Gasteiger partial charge in [0, 0.05) is 28.0 Å². The third-order valence-corrected chi connectivity index (χ3v) is 3.60. The molecule has 0 bridgehead atoms. The van der Waals surface area contributed by atoms with E-state index >= 15 is 0 Å². The first-order chi connectivity index (χ1) is 9.32. The smallest absolute Gasteiger partial charge is 0.331 e. The van der Waals surface area contributed by atoms with Crippen molar-refractivity contribution in [2.45, 2.75) is 13.3 Å². The number of allylic oxidation sites excluding steroid dienone is 2. The SMILES string of the molecule is CC1(C(=O)O)C=C(c2cncc(Br)c2)C=C(C(=O)O)C1. The van der Waals surface area contributed by atoms with Gasteiger partial charge in [0.05, 0.1) is 5.41 Å². The molecule has 1 heterocycles. The van der Waals surface area contributed by atoms with E-state index in [1.165, 1.54) is 13.0 Å². The molecule has 0 fully saturated rings. The summed E-state index contributed by atoms with van der Waals surface area (Å²) in [6, 6.07) is 1.77. The highest BCUT2D eigenvalue weighted by molar-refractivity contribution is 9.10. The molecule has 1 unspecified atom stereocenters. The molecule has 0 spiro atoms. The molecule has 2 N–H and O–H groups in total. The molecule has 1 aromatic heterocycles. The largest absolute Gasteiger partial charge is 0.481 e. The zero-order valence-corrected chi connectivity index (χ0v) is 12.2. The number of halogens is 1. The number of carbonyl (C=O) groups is 2. The highest BCUT2D eigenvalue weighted by atomic mass is 79.9. The Hall–Kier alpha value is -1.95. The van der Waals surface area contributed by atoms with Gasteiger partial charge in [0.1, 0.15) is 0 Å². The number of hydrogen-bond acceptors (Lipinski definition) is 3. The van der Waals surface area contributed by atoms with Crippen molar-refractivity contribution in [2.75, 3.05) is 0 Å². The van der Waals surface area contributed by atoms with Crippen LogP contribution in [0.4, 0.5) is 0 Å². The number of nitrogens with zero attached hydrogens (tertiary/aromatic N) is 1. The van der Waals surface area contributed by atoms with E-state index in [0.717, 1.165) is 4.47 Å². The second-order valence-electron chi connectivity index (χ2n) is 4.87. The zero-order chi connectivity index (χ0) is 14.9. The van der Waals surface area contributed by atoms with Gasteiger partial charge in [-0.15, -0.1) is 0 Å². The van der Waals surface area contributed by atoms with E-state index in [0.29, 0.717) is 11.1 Å². The Morgan fingerprint density at radius 1 is 1.35 bits per heavy atom. The van der Waals surface area contributed by atoms with Crippen LogP contribution in [0.5, 0.6) is 0 Å². The first-order valence-electron chi connectivity index (χ1n) is 5.83. The third kappa shape index (κ3) is 2.80. The predicted molar refractivity (Wildman–Crippen MR) is 76.0 cm³/mol. The summed E-state index contributed by atoms with van der Waals surface area (Å²) < 4.78 is 0.740. The molecule has 0 saturated heterocycles. The maximum Gasteiger partial charge on any atom is 0.331 e. The van der Waals surface area contributed by atoms with Gasteiger partial charge in [-0.3, -0.25) is 9.78 Å². The van der Waals surface area contributed by atoms with Crippen LogP contribution in [0.1, 0.15) is 18.9 Å². The molecule has 0 aliphatic heterocycles. The maximum atomic E-state index is 11.4. The molecule has 0 aromatic carbocycles. The van der Waals surface area contributed by atoms with Gasteiger partial charge in [-0.2, -0.15) is 0 Å². The number of hydrogen-bond donors (Lipinski definition) is 2. The molecular formula is C14H12BrNO4. The number of aliphatic carboxylic acids is 2. The van der Waals surface area contributed by atoms with Gasteiger partial charge in [-0.25, -0.2) is 4.79 Å². The molecule has 104 valence electrons. The lowest BCUT2D eigenvalue weighted by Crippen LogP contribution is -2.29. The van der Waals surface area contributed by atoms with Crippen LogP contribution >= 0.6 is 15.9 Å². The normalized spacial score (nSPS) is 21.9. The van der Waals surface area contributed by atoms with Crippen molar-refractivity contribution in [2.24, 2.45) is 5.41 Å². The molecule has 1 aliphatic carbocycles. The van der Waals surface area contributed by atoms with Gasteiger partial charge in [0.15, 0.2) is 0 Å². The Balaban J connectivity index is 2.56. The lowest BCUT2D eigenvalue weighted by Gasteiger charge is -2.26. The van der Waals surface area contributed by atoms with Crippen LogP contribution in [0.25, 0.3) is 5.57 Å². The van der Waals surface area contributed by atoms with E-state index in [1.54, 1.807) is 24.5 Å². The van der Waals surface area contributed by atoms with Crippen molar-refractivity contribution in [1.29, 1.82) is 0 Å². The van der Waals surface area contributed by atoms with Gasteiger partial charge in [0.25, 0.3) is 0 Å². The van der Waals surface area contributed by atoms with Crippen molar-refractivity contribution >= 4 is 33.4 Å². The van der Waals surface area contributed by atoms with Crippen molar-refractivity contribution in [3.63, 3.8) is 0 Å². The second kappa shape index (κ2) is 5.20. The first-order valence-corrected chi connectivity index (χ1v) is 6.62. The van der Waals surface area contributed by atoms with E-state index in [-0.39, 0.29) is 12.0 Å². The minimum atomic E-state index is -1.24. The topological polar surface area (TPSA) is 87.5 Å². The van der Waals surface area contributed by atoms with Crippen LogP contribution < -0.4 is 0 Å². The van der Waals surface area contributed by atoms with E-state index in [1.807, 2.05) is 0 Å².